The summed E-state index contributed by atoms with van der Waals surface area (Å²) < 4.78 is 27.2. The van der Waals surface area contributed by atoms with Gasteiger partial charge in [0.2, 0.25) is 0 Å². The van der Waals surface area contributed by atoms with Crippen molar-refractivity contribution in [2.45, 2.75) is 11.8 Å². The SMILES string of the molecule is Cc1c([N+](=O)[O-])cccc1S(=O)(=O)Nc1ccc(NC(N)=O)cc1. The number of carbonyl (C=O) groups excluding carboxylic acids is 1. The van der Waals surface area contributed by atoms with Crippen LogP contribution in [0.15, 0.2) is 47.4 Å². The van der Waals surface area contributed by atoms with E-state index in [0.717, 1.165) is 0 Å². The van der Waals surface area contributed by atoms with Crippen LogP contribution in [0.2, 0.25) is 0 Å². The minimum Gasteiger partial charge on any atom is -0.351 e. The largest absolute Gasteiger partial charge is 0.351 e. The predicted octanol–water partition coefficient (Wildman–Crippen LogP) is 2.19. The molecule has 9 nitrogen and oxygen atoms in total. The Morgan fingerprint density at radius 1 is 1.12 bits per heavy atom. The number of urea groups is 1. The molecule has 0 atom stereocenters. The van der Waals surface area contributed by atoms with Crippen LogP contribution in [0.5, 0.6) is 0 Å². The van der Waals surface area contributed by atoms with Gasteiger partial charge in [0.25, 0.3) is 15.7 Å². The lowest BCUT2D eigenvalue weighted by Crippen LogP contribution is -2.19. The van der Waals surface area contributed by atoms with Crippen LogP contribution in [0.4, 0.5) is 21.9 Å². The molecule has 0 bridgehead atoms. The summed E-state index contributed by atoms with van der Waals surface area (Å²) in [5, 5.41) is 13.3. The smallest absolute Gasteiger partial charge is 0.316 e. The van der Waals surface area contributed by atoms with Crippen LogP contribution in [-0.2, 0) is 10.0 Å². The van der Waals surface area contributed by atoms with Crippen molar-refractivity contribution in [3.05, 3.63) is 58.1 Å². The fourth-order valence-corrected chi connectivity index (χ4v) is 3.39. The summed E-state index contributed by atoms with van der Waals surface area (Å²) >= 11 is 0. The zero-order valence-electron chi connectivity index (χ0n) is 12.5. The average molecular weight is 350 g/mol. The highest BCUT2D eigenvalue weighted by Crippen LogP contribution is 2.26. The first kappa shape index (κ1) is 17.2. The number of primary amides is 1. The molecule has 10 heteroatoms. The van der Waals surface area contributed by atoms with Crippen molar-refractivity contribution in [2.24, 2.45) is 5.73 Å². The van der Waals surface area contributed by atoms with Gasteiger partial charge in [-0.05, 0) is 37.3 Å². The molecule has 2 rings (SSSR count). The molecule has 24 heavy (non-hydrogen) atoms. The van der Waals surface area contributed by atoms with E-state index in [4.69, 9.17) is 5.73 Å². The third-order valence-electron chi connectivity index (χ3n) is 3.15. The second-order valence-electron chi connectivity index (χ2n) is 4.83. The zero-order chi connectivity index (χ0) is 17.9. The Labute approximate surface area is 137 Å². The summed E-state index contributed by atoms with van der Waals surface area (Å²) in [7, 11) is -4.00. The van der Waals surface area contributed by atoms with Crippen molar-refractivity contribution in [1.29, 1.82) is 0 Å². The lowest BCUT2D eigenvalue weighted by Gasteiger charge is -2.11. The van der Waals surface area contributed by atoms with Crippen LogP contribution in [0.25, 0.3) is 0 Å². The van der Waals surface area contributed by atoms with Gasteiger partial charge in [0.1, 0.15) is 0 Å². The standard InChI is InChI=1S/C14H14N4O5S/c1-9-12(18(20)21)3-2-4-13(9)24(22,23)17-11-7-5-10(6-8-11)16-14(15)19/h2-8,17H,1H3,(H3,15,16,19). The number of nitro benzene ring substituents is 1. The van der Waals surface area contributed by atoms with Crippen molar-refractivity contribution in [1.82, 2.24) is 0 Å². The van der Waals surface area contributed by atoms with Crippen LogP contribution >= 0.6 is 0 Å². The second kappa shape index (κ2) is 6.54. The fraction of sp³-hybridized carbons (Fsp3) is 0.0714. The molecule has 0 saturated carbocycles. The summed E-state index contributed by atoms with van der Waals surface area (Å²) in [5.41, 5.74) is 5.38. The molecule has 0 aliphatic heterocycles. The highest BCUT2D eigenvalue weighted by molar-refractivity contribution is 7.92. The van der Waals surface area contributed by atoms with Crippen molar-refractivity contribution in [2.75, 3.05) is 10.0 Å². The number of hydrogen-bond donors (Lipinski definition) is 3. The quantitative estimate of drug-likeness (QED) is 0.559. The molecule has 2 aromatic rings. The summed E-state index contributed by atoms with van der Waals surface area (Å²) in [6, 6.07) is 8.86. The van der Waals surface area contributed by atoms with Gasteiger partial charge in [-0.25, -0.2) is 13.2 Å². The Kier molecular flexibility index (Phi) is 4.69. The van der Waals surface area contributed by atoms with Crippen LogP contribution in [0.1, 0.15) is 5.56 Å². The maximum Gasteiger partial charge on any atom is 0.316 e. The minimum absolute atomic E-state index is 0.0435. The van der Waals surface area contributed by atoms with Gasteiger partial charge >= 0.3 is 6.03 Å². The normalized spacial score (nSPS) is 10.9. The Hall–Kier alpha value is -3.14. The van der Waals surface area contributed by atoms with Crippen LogP contribution in [0, 0.1) is 17.0 Å². The molecule has 0 aliphatic rings. The molecule has 126 valence electrons. The third kappa shape index (κ3) is 3.79. The first-order chi connectivity index (χ1) is 11.2. The molecular weight excluding hydrogens is 336 g/mol. The van der Waals surface area contributed by atoms with E-state index >= 15 is 0 Å². The number of nitrogens with zero attached hydrogens (tertiary/aromatic N) is 1. The molecule has 0 spiro atoms. The van der Waals surface area contributed by atoms with Crippen LogP contribution in [0.3, 0.4) is 0 Å². The van der Waals surface area contributed by atoms with Gasteiger partial charge in [-0.2, -0.15) is 0 Å². The van der Waals surface area contributed by atoms with Gasteiger partial charge in [0, 0.05) is 23.0 Å². The van der Waals surface area contributed by atoms with Crippen LogP contribution in [-0.4, -0.2) is 19.4 Å². The molecule has 0 fully saturated rings. The summed E-state index contributed by atoms with van der Waals surface area (Å²) in [4.78, 5) is 20.8. The Balaban J connectivity index is 2.30. The lowest BCUT2D eigenvalue weighted by atomic mass is 10.2. The maximum atomic E-state index is 12.4. The molecule has 2 amide bonds. The number of nitro groups is 1. The van der Waals surface area contributed by atoms with Gasteiger partial charge < -0.3 is 11.1 Å². The van der Waals surface area contributed by atoms with E-state index in [-0.39, 0.29) is 21.8 Å². The molecule has 4 N–H and O–H groups in total. The summed E-state index contributed by atoms with van der Waals surface area (Å²) in [6.45, 7) is 1.37. The van der Waals surface area contributed by atoms with E-state index in [1.807, 2.05) is 0 Å². The molecule has 0 heterocycles. The third-order valence-corrected chi connectivity index (χ3v) is 4.67. The van der Waals surface area contributed by atoms with Gasteiger partial charge in [-0.15, -0.1) is 0 Å². The highest BCUT2D eigenvalue weighted by Gasteiger charge is 2.22. The molecule has 0 radical (unpaired) electrons. The Morgan fingerprint density at radius 2 is 1.71 bits per heavy atom. The number of benzene rings is 2. The van der Waals surface area contributed by atoms with Crippen molar-refractivity contribution in [3.63, 3.8) is 0 Å². The van der Waals surface area contributed by atoms with Gasteiger partial charge in [-0.1, -0.05) is 6.07 Å². The maximum absolute atomic E-state index is 12.4. The van der Waals surface area contributed by atoms with Gasteiger partial charge in [0.05, 0.1) is 9.82 Å². The average Bonchev–Trinajstić information content (AvgIpc) is 2.48. The number of nitrogens with one attached hydrogen (secondary N) is 2. The van der Waals surface area contributed by atoms with E-state index in [9.17, 15) is 23.3 Å². The fourth-order valence-electron chi connectivity index (χ4n) is 2.07. The molecule has 0 saturated heterocycles. The van der Waals surface area contributed by atoms with Crippen molar-refractivity contribution >= 4 is 33.1 Å². The molecule has 0 aliphatic carbocycles. The number of carbonyl (C=O) groups is 1. The Bertz CT molecular complexity index is 894. The first-order valence-corrected chi connectivity index (χ1v) is 8.12. The number of hydrogen-bond acceptors (Lipinski definition) is 5. The number of nitrogens with two attached hydrogens (primary N) is 1. The lowest BCUT2D eigenvalue weighted by molar-refractivity contribution is -0.385. The molecule has 0 unspecified atom stereocenters. The topological polar surface area (TPSA) is 144 Å². The van der Waals surface area contributed by atoms with E-state index in [2.05, 4.69) is 10.0 Å². The van der Waals surface area contributed by atoms with E-state index in [1.54, 1.807) is 0 Å². The number of sulfonamides is 1. The molecular formula is C14H14N4O5S. The van der Waals surface area contributed by atoms with Crippen molar-refractivity contribution < 1.29 is 18.1 Å². The number of rotatable bonds is 5. The summed E-state index contributed by atoms with van der Waals surface area (Å²) in [6.07, 6.45) is 0. The van der Waals surface area contributed by atoms with Crippen LogP contribution < -0.4 is 15.8 Å². The van der Waals surface area contributed by atoms with Crippen molar-refractivity contribution in [3.8, 4) is 0 Å². The monoisotopic (exact) mass is 350 g/mol. The molecule has 0 aromatic heterocycles. The Morgan fingerprint density at radius 3 is 2.25 bits per heavy atom. The highest BCUT2D eigenvalue weighted by atomic mass is 32.2. The second-order valence-corrected chi connectivity index (χ2v) is 6.48. The number of anilines is 2. The van der Waals surface area contributed by atoms with Gasteiger partial charge in [0.15, 0.2) is 0 Å². The summed E-state index contributed by atoms with van der Waals surface area (Å²) in [5.74, 6) is 0. The predicted molar refractivity (Wildman–Crippen MR) is 88.3 cm³/mol. The van der Waals surface area contributed by atoms with Gasteiger partial charge in [-0.3, -0.25) is 14.8 Å². The zero-order valence-corrected chi connectivity index (χ0v) is 13.3. The van der Waals surface area contributed by atoms with E-state index in [1.165, 1.54) is 49.4 Å². The first-order valence-electron chi connectivity index (χ1n) is 6.64. The van der Waals surface area contributed by atoms with E-state index < -0.39 is 21.0 Å². The minimum atomic E-state index is -4.00. The van der Waals surface area contributed by atoms with E-state index in [0.29, 0.717) is 5.69 Å². The number of amides is 2. The molecule has 2 aromatic carbocycles.